The molecular formula is C19H21BrN2O2. The van der Waals surface area contributed by atoms with E-state index < -0.39 is 0 Å². The van der Waals surface area contributed by atoms with E-state index in [0.717, 1.165) is 47.5 Å². The van der Waals surface area contributed by atoms with Crippen molar-refractivity contribution in [3.05, 3.63) is 58.2 Å². The average Bonchev–Trinajstić information content (AvgIpc) is 2.63. The second-order valence-corrected chi connectivity index (χ2v) is 6.95. The molecule has 0 radical (unpaired) electrons. The molecule has 1 aromatic heterocycles. The van der Waals surface area contributed by atoms with Crippen LogP contribution in [0.15, 0.2) is 46.9 Å². The van der Waals surface area contributed by atoms with Gasteiger partial charge in [-0.1, -0.05) is 30.3 Å². The van der Waals surface area contributed by atoms with E-state index in [-0.39, 0.29) is 11.9 Å². The number of aromatic nitrogens is 1. The van der Waals surface area contributed by atoms with E-state index in [1.165, 1.54) is 0 Å². The lowest BCUT2D eigenvalue weighted by atomic mass is 9.97. The topological polar surface area (TPSA) is 42.4 Å². The minimum absolute atomic E-state index is 0.0125. The molecule has 24 heavy (non-hydrogen) atoms. The number of esters is 1. The number of rotatable bonds is 4. The van der Waals surface area contributed by atoms with Crippen molar-refractivity contribution in [3.8, 4) is 0 Å². The molecule has 3 rings (SSSR count). The highest BCUT2D eigenvalue weighted by Gasteiger charge is 2.26. The van der Waals surface area contributed by atoms with Gasteiger partial charge in [0.1, 0.15) is 12.4 Å². The summed E-state index contributed by atoms with van der Waals surface area (Å²) in [5.41, 5.74) is 2.01. The lowest BCUT2D eigenvalue weighted by Crippen LogP contribution is -2.37. The van der Waals surface area contributed by atoms with Crippen LogP contribution in [0.3, 0.4) is 0 Å². The highest BCUT2D eigenvalue weighted by atomic mass is 79.9. The molecule has 1 aromatic carbocycles. The largest absolute Gasteiger partial charge is 0.461 e. The number of carbonyl (C=O) groups excluding carboxylic acids is 1. The zero-order valence-electron chi connectivity index (χ0n) is 13.7. The number of carbonyl (C=O) groups is 1. The van der Waals surface area contributed by atoms with Crippen LogP contribution in [0, 0.1) is 12.8 Å². The number of piperidine rings is 1. The molecule has 0 atom stereocenters. The number of pyridine rings is 1. The maximum absolute atomic E-state index is 12.3. The summed E-state index contributed by atoms with van der Waals surface area (Å²) >= 11 is 3.48. The highest BCUT2D eigenvalue weighted by molar-refractivity contribution is 9.10. The van der Waals surface area contributed by atoms with Crippen LogP contribution in [-0.2, 0) is 16.1 Å². The second-order valence-electron chi connectivity index (χ2n) is 6.09. The van der Waals surface area contributed by atoms with Gasteiger partial charge in [0.2, 0.25) is 0 Å². The lowest BCUT2D eigenvalue weighted by Gasteiger charge is -2.32. The molecule has 0 spiro atoms. The minimum Gasteiger partial charge on any atom is -0.461 e. The molecule has 0 amide bonds. The highest BCUT2D eigenvalue weighted by Crippen LogP contribution is 2.25. The standard InChI is InChI=1S/C19H21BrN2O2/c1-14-17(20)7-8-18(21-14)22-11-9-16(10-12-22)19(23)24-13-15-5-3-2-4-6-15/h2-8,16H,9-13H2,1H3. The summed E-state index contributed by atoms with van der Waals surface area (Å²) in [6.07, 6.45) is 1.62. The quantitative estimate of drug-likeness (QED) is 0.738. The molecule has 1 aliphatic heterocycles. The Bertz CT molecular complexity index is 698. The summed E-state index contributed by atoms with van der Waals surface area (Å²) in [6.45, 7) is 4.01. The number of hydrogen-bond donors (Lipinski definition) is 0. The van der Waals surface area contributed by atoms with Crippen LogP contribution >= 0.6 is 15.9 Å². The smallest absolute Gasteiger partial charge is 0.309 e. The van der Waals surface area contributed by atoms with Gasteiger partial charge in [0, 0.05) is 17.6 Å². The molecule has 0 N–H and O–H groups in total. The molecule has 5 heteroatoms. The van der Waals surface area contributed by atoms with Crippen molar-refractivity contribution in [2.24, 2.45) is 5.92 Å². The fourth-order valence-corrected chi connectivity index (χ4v) is 3.12. The maximum Gasteiger partial charge on any atom is 0.309 e. The molecule has 2 aromatic rings. The molecule has 1 fully saturated rings. The predicted octanol–water partition coefficient (Wildman–Crippen LogP) is 4.11. The van der Waals surface area contributed by atoms with Crippen LogP contribution in [0.1, 0.15) is 24.1 Å². The second kappa shape index (κ2) is 7.79. The van der Waals surface area contributed by atoms with Crippen LogP contribution in [0.2, 0.25) is 0 Å². The molecule has 0 saturated carbocycles. The number of hydrogen-bond acceptors (Lipinski definition) is 4. The van der Waals surface area contributed by atoms with Gasteiger partial charge >= 0.3 is 5.97 Å². The van der Waals surface area contributed by atoms with Crippen LogP contribution < -0.4 is 4.90 Å². The molecule has 4 nitrogen and oxygen atoms in total. The zero-order valence-corrected chi connectivity index (χ0v) is 15.3. The fraction of sp³-hybridized carbons (Fsp3) is 0.368. The van der Waals surface area contributed by atoms with Gasteiger partial charge in [0.15, 0.2) is 0 Å². The first-order valence-corrected chi connectivity index (χ1v) is 9.01. The van der Waals surface area contributed by atoms with Gasteiger partial charge in [-0.15, -0.1) is 0 Å². The number of nitrogens with zero attached hydrogens (tertiary/aromatic N) is 2. The predicted molar refractivity (Wildman–Crippen MR) is 97.8 cm³/mol. The first-order valence-electron chi connectivity index (χ1n) is 8.22. The lowest BCUT2D eigenvalue weighted by molar-refractivity contribution is -0.150. The number of ether oxygens (including phenoxy) is 1. The Morgan fingerprint density at radius 1 is 1.21 bits per heavy atom. The Labute approximate surface area is 151 Å². The third-order valence-electron chi connectivity index (χ3n) is 4.38. The van der Waals surface area contributed by atoms with Crippen molar-refractivity contribution in [3.63, 3.8) is 0 Å². The van der Waals surface area contributed by atoms with Crippen LogP contribution in [0.25, 0.3) is 0 Å². The van der Waals surface area contributed by atoms with Gasteiger partial charge in [-0.25, -0.2) is 4.98 Å². The third-order valence-corrected chi connectivity index (χ3v) is 5.22. The summed E-state index contributed by atoms with van der Waals surface area (Å²) in [4.78, 5) is 19.1. The number of aryl methyl sites for hydroxylation is 1. The number of anilines is 1. The van der Waals surface area contributed by atoms with Gasteiger partial charge in [0.25, 0.3) is 0 Å². The molecule has 0 aliphatic carbocycles. The summed E-state index contributed by atoms with van der Waals surface area (Å²) in [5.74, 6) is 0.881. The summed E-state index contributed by atoms with van der Waals surface area (Å²) < 4.78 is 6.48. The Hall–Kier alpha value is -1.88. The van der Waals surface area contributed by atoms with Crippen molar-refractivity contribution < 1.29 is 9.53 Å². The normalized spacial score (nSPS) is 15.3. The maximum atomic E-state index is 12.3. The molecule has 126 valence electrons. The molecule has 1 aliphatic rings. The van der Waals surface area contributed by atoms with E-state index in [9.17, 15) is 4.79 Å². The fourth-order valence-electron chi connectivity index (χ4n) is 2.90. The van der Waals surface area contributed by atoms with E-state index in [4.69, 9.17) is 4.74 Å². The van der Waals surface area contributed by atoms with E-state index in [1.807, 2.05) is 49.4 Å². The summed E-state index contributed by atoms with van der Waals surface area (Å²) in [6, 6.07) is 13.8. The number of benzene rings is 1. The first kappa shape index (κ1) is 17.0. The van der Waals surface area contributed by atoms with Gasteiger partial charge in [-0.05, 0) is 53.4 Å². The Morgan fingerprint density at radius 3 is 2.58 bits per heavy atom. The van der Waals surface area contributed by atoms with Crippen molar-refractivity contribution in [2.75, 3.05) is 18.0 Å². The van der Waals surface area contributed by atoms with E-state index in [1.54, 1.807) is 0 Å². The van der Waals surface area contributed by atoms with Gasteiger partial charge in [-0.2, -0.15) is 0 Å². The summed E-state index contributed by atoms with van der Waals surface area (Å²) in [5, 5.41) is 0. The Morgan fingerprint density at radius 2 is 1.92 bits per heavy atom. The molecular weight excluding hydrogens is 368 g/mol. The van der Waals surface area contributed by atoms with Gasteiger partial charge in [-0.3, -0.25) is 4.79 Å². The van der Waals surface area contributed by atoms with Crippen molar-refractivity contribution in [1.29, 1.82) is 0 Å². The van der Waals surface area contributed by atoms with Crippen molar-refractivity contribution in [2.45, 2.75) is 26.4 Å². The van der Waals surface area contributed by atoms with E-state index in [0.29, 0.717) is 6.61 Å². The monoisotopic (exact) mass is 388 g/mol. The Balaban J connectivity index is 1.51. The van der Waals surface area contributed by atoms with Crippen LogP contribution in [0.5, 0.6) is 0 Å². The first-order chi connectivity index (χ1) is 11.6. The molecule has 0 unspecified atom stereocenters. The SMILES string of the molecule is Cc1nc(N2CCC(C(=O)OCc3ccccc3)CC2)ccc1Br. The zero-order chi connectivity index (χ0) is 16.9. The van der Waals surface area contributed by atoms with E-state index >= 15 is 0 Å². The summed E-state index contributed by atoms with van der Waals surface area (Å²) in [7, 11) is 0. The van der Waals surface area contributed by atoms with Crippen LogP contribution in [-0.4, -0.2) is 24.0 Å². The van der Waals surface area contributed by atoms with Crippen molar-refractivity contribution >= 4 is 27.7 Å². The Kier molecular flexibility index (Phi) is 5.51. The van der Waals surface area contributed by atoms with E-state index in [2.05, 4.69) is 25.8 Å². The third kappa shape index (κ3) is 4.15. The van der Waals surface area contributed by atoms with Gasteiger partial charge in [0.05, 0.1) is 11.6 Å². The molecule has 1 saturated heterocycles. The van der Waals surface area contributed by atoms with Crippen molar-refractivity contribution in [1.82, 2.24) is 4.98 Å². The molecule has 2 heterocycles. The average molecular weight is 389 g/mol. The minimum atomic E-state index is -0.0848. The number of halogens is 1. The molecule has 0 bridgehead atoms. The van der Waals surface area contributed by atoms with Gasteiger partial charge < -0.3 is 9.64 Å². The van der Waals surface area contributed by atoms with Crippen LogP contribution in [0.4, 0.5) is 5.82 Å².